The van der Waals surface area contributed by atoms with Gasteiger partial charge >= 0.3 is 0 Å². The van der Waals surface area contributed by atoms with Crippen LogP contribution in [-0.4, -0.2) is 23.5 Å². The summed E-state index contributed by atoms with van der Waals surface area (Å²) in [5.74, 6) is 6.97. The van der Waals surface area contributed by atoms with Crippen molar-refractivity contribution in [3.63, 3.8) is 0 Å². The molecule has 4 nitrogen and oxygen atoms in total. The van der Waals surface area contributed by atoms with Gasteiger partial charge in [0.05, 0.1) is 5.69 Å². The van der Waals surface area contributed by atoms with Gasteiger partial charge < -0.3 is 10.3 Å². The second-order valence-electron chi connectivity index (χ2n) is 4.65. The van der Waals surface area contributed by atoms with Gasteiger partial charge in [0.25, 0.3) is 0 Å². The summed E-state index contributed by atoms with van der Waals surface area (Å²) in [5, 5.41) is 0. The third-order valence-electron chi connectivity index (χ3n) is 3.18. The molecule has 0 amide bonds. The third-order valence-corrected chi connectivity index (χ3v) is 3.18. The van der Waals surface area contributed by atoms with Gasteiger partial charge in [-0.2, -0.15) is 0 Å². The Balaban J connectivity index is 1.86. The molecule has 0 unspecified atom stereocenters. The first kappa shape index (κ1) is 11.4. The van der Waals surface area contributed by atoms with Gasteiger partial charge in [0.15, 0.2) is 0 Å². The minimum atomic E-state index is 0.731. The third kappa shape index (κ3) is 2.93. The maximum Gasteiger partial charge on any atom is 0.140 e. The molecule has 1 aromatic heterocycles. The standard InChI is InChI=1S/C12H20N4/c1-16(8-10-4-2-5-10)9-11-6-3-7-12(14-11)15-13/h3,6-7,10H,2,4-5,8-9,13H2,1H3,(H,14,15). The summed E-state index contributed by atoms with van der Waals surface area (Å²) >= 11 is 0. The lowest BCUT2D eigenvalue weighted by Gasteiger charge is -2.29. The summed E-state index contributed by atoms with van der Waals surface area (Å²) in [4.78, 5) is 6.74. The van der Waals surface area contributed by atoms with E-state index in [1.165, 1.54) is 25.8 Å². The number of nitrogens with zero attached hydrogens (tertiary/aromatic N) is 2. The highest BCUT2D eigenvalue weighted by Crippen LogP contribution is 2.26. The van der Waals surface area contributed by atoms with E-state index in [9.17, 15) is 0 Å². The molecule has 4 heteroatoms. The highest BCUT2D eigenvalue weighted by atomic mass is 15.2. The number of anilines is 1. The quantitative estimate of drug-likeness (QED) is 0.584. The Morgan fingerprint density at radius 1 is 1.50 bits per heavy atom. The van der Waals surface area contributed by atoms with Gasteiger partial charge in [0.1, 0.15) is 5.82 Å². The number of rotatable bonds is 5. The van der Waals surface area contributed by atoms with E-state index < -0.39 is 0 Å². The van der Waals surface area contributed by atoms with Crippen molar-refractivity contribution in [3.05, 3.63) is 23.9 Å². The van der Waals surface area contributed by atoms with E-state index in [2.05, 4.69) is 22.4 Å². The van der Waals surface area contributed by atoms with Gasteiger partial charge in [-0.1, -0.05) is 12.5 Å². The average Bonchev–Trinajstić information content (AvgIpc) is 2.24. The second kappa shape index (κ2) is 5.27. The van der Waals surface area contributed by atoms with E-state index in [0.29, 0.717) is 0 Å². The summed E-state index contributed by atoms with van der Waals surface area (Å²) in [6, 6.07) is 5.89. The molecule has 3 N–H and O–H groups in total. The van der Waals surface area contributed by atoms with E-state index in [1.54, 1.807) is 0 Å². The Morgan fingerprint density at radius 3 is 2.94 bits per heavy atom. The van der Waals surface area contributed by atoms with Crippen LogP contribution in [0.4, 0.5) is 5.82 Å². The molecule has 0 saturated heterocycles. The molecule has 0 aliphatic heterocycles. The van der Waals surface area contributed by atoms with Crippen LogP contribution >= 0.6 is 0 Å². The van der Waals surface area contributed by atoms with Gasteiger partial charge in [-0.3, -0.25) is 0 Å². The normalized spacial score (nSPS) is 16.2. The van der Waals surface area contributed by atoms with E-state index in [-0.39, 0.29) is 0 Å². The van der Waals surface area contributed by atoms with Crippen LogP contribution in [0.2, 0.25) is 0 Å². The summed E-state index contributed by atoms with van der Waals surface area (Å²) in [7, 11) is 2.16. The number of hydrogen-bond donors (Lipinski definition) is 2. The van der Waals surface area contributed by atoms with Crippen LogP contribution in [0, 0.1) is 5.92 Å². The monoisotopic (exact) mass is 220 g/mol. The first-order chi connectivity index (χ1) is 7.78. The second-order valence-corrected chi connectivity index (χ2v) is 4.65. The zero-order chi connectivity index (χ0) is 11.4. The van der Waals surface area contributed by atoms with Crippen LogP contribution in [-0.2, 0) is 6.54 Å². The molecule has 16 heavy (non-hydrogen) atoms. The molecule has 1 fully saturated rings. The topological polar surface area (TPSA) is 54.2 Å². The van der Waals surface area contributed by atoms with E-state index >= 15 is 0 Å². The van der Waals surface area contributed by atoms with Crippen molar-refractivity contribution in [1.82, 2.24) is 9.88 Å². The van der Waals surface area contributed by atoms with Crippen molar-refractivity contribution < 1.29 is 0 Å². The number of nitrogen functional groups attached to an aromatic ring is 1. The number of hydrazine groups is 1. The Labute approximate surface area is 96.8 Å². The molecule has 2 rings (SSSR count). The van der Waals surface area contributed by atoms with Crippen LogP contribution in [0.5, 0.6) is 0 Å². The zero-order valence-electron chi connectivity index (χ0n) is 9.82. The predicted octanol–water partition coefficient (Wildman–Crippen LogP) is 1.60. The fourth-order valence-electron chi connectivity index (χ4n) is 2.11. The minimum absolute atomic E-state index is 0.731. The summed E-state index contributed by atoms with van der Waals surface area (Å²) in [6.45, 7) is 2.08. The molecule has 1 saturated carbocycles. The molecule has 1 aromatic rings. The molecule has 0 radical (unpaired) electrons. The van der Waals surface area contributed by atoms with E-state index in [1.807, 2.05) is 18.2 Å². The SMILES string of the molecule is CN(Cc1cccc(NN)n1)CC1CCC1. The van der Waals surface area contributed by atoms with Gasteiger partial charge in [0.2, 0.25) is 0 Å². The molecule has 0 bridgehead atoms. The fourth-order valence-corrected chi connectivity index (χ4v) is 2.11. The van der Waals surface area contributed by atoms with Gasteiger partial charge in [-0.05, 0) is 37.9 Å². The van der Waals surface area contributed by atoms with E-state index in [0.717, 1.165) is 24.0 Å². The number of hydrogen-bond acceptors (Lipinski definition) is 4. The van der Waals surface area contributed by atoms with Crippen LogP contribution in [0.3, 0.4) is 0 Å². The Bertz CT molecular complexity index is 336. The summed E-state index contributed by atoms with van der Waals surface area (Å²) in [5.41, 5.74) is 3.64. The van der Waals surface area contributed by atoms with Crippen molar-refractivity contribution in [2.24, 2.45) is 11.8 Å². The van der Waals surface area contributed by atoms with Gasteiger partial charge in [-0.25, -0.2) is 10.8 Å². The molecule has 0 aromatic carbocycles. The number of nitrogens with one attached hydrogen (secondary N) is 1. The summed E-state index contributed by atoms with van der Waals surface area (Å²) in [6.07, 6.45) is 4.19. The van der Waals surface area contributed by atoms with E-state index in [4.69, 9.17) is 5.84 Å². The van der Waals surface area contributed by atoms with Crippen molar-refractivity contribution >= 4 is 5.82 Å². The number of pyridine rings is 1. The van der Waals surface area contributed by atoms with Crippen molar-refractivity contribution in [2.75, 3.05) is 19.0 Å². The molecule has 88 valence electrons. The molecule has 1 aliphatic rings. The highest BCUT2D eigenvalue weighted by molar-refractivity contribution is 5.33. The molecular formula is C12H20N4. The first-order valence-corrected chi connectivity index (χ1v) is 5.89. The van der Waals surface area contributed by atoms with Crippen molar-refractivity contribution in [1.29, 1.82) is 0 Å². The largest absolute Gasteiger partial charge is 0.308 e. The lowest BCUT2D eigenvalue weighted by Crippen LogP contribution is -2.29. The maximum absolute atomic E-state index is 5.33. The average molecular weight is 220 g/mol. The number of nitrogens with two attached hydrogens (primary N) is 1. The van der Waals surface area contributed by atoms with Crippen LogP contribution in [0.25, 0.3) is 0 Å². The van der Waals surface area contributed by atoms with Gasteiger partial charge in [0, 0.05) is 13.1 Å². The zero-order valence-corrected chi connectivity index (χ0v) is 9.82. The van der Waals surface area contributed by atoms with Crippen molar-refractivity contribution in [2.45, 2.75) is 25.8 Å². The predicted molar refractivity (Wildman–Crippen MR) is 65.7 cm³/mol. The fraction of sp³-hybridized carbons (Fsp3) is 0.583. The van der Waals surface area contributed by atoms with Gasteiger partial charge in [-0.15, -0.1) is 0 Å². The molecule has 0 atom stereocenters. The lowest BCUT2D eigenvalue weighted by molar-refractivity contribution is 0.199. The Kier molecular flexibility index (Phi) is 3.74. The Morgan fingerprint density at radius 2 is 2.31 bits per heavy atom. The summed E-state index contributed by atoms with van der Waals surface area (Å²) < 4.78 is 0. The lowest BCUT2D eigenvalue weighted by atomic mass is 9.85. The molecule has 1 aliphatic carbocycles. The maximum atomic E-state index is 5.33. The highest BCUT2D eigenvalue weighted by Gasteiger charge is 2.19. The molecular weight excluding hydrogens is 200 g/mol. The molecule has 1 heterocycles. The Hall–Kier alpha value is -1.13. The number of aromatic nitrogens is 1. The van der Waals surface area contributed by atoms with Crippen LogP contribution < -0.4 is 11.3 Å². The minimum Gasteiger partial charge on any atom is -0.308 e. The van der Waals surface area contributed by atoms with Crippen molar-refractivity contribution in [3.8, 4) is 0 Å². The van der Waals surface area contributed by atoms with Crippen LogP contribution in [0.15, 0.2) is 18.2 Å². The van der Waals surface area contributed by atoms with Crippen LogP contribution in [0.1, 0.15) is 25.0 Å². The molecule has 0 spiro atoms. The first-order valence-electron chi connectivity index (χ1n) is 5.89. The smallest absolute Gasteiger partial charge is 0.140 e.